The highest BCUT2D eigenvalue weighted by Crippen LogP contribution is 2.02. The molecule has 0 spiro atoms. The van der Waals surface area contributed by atoms with Gasteiger partial charge in [-0.2, -0.15) is 0 Å². The molecule has 0 saturated carbocycles. The Morgan fingerprint density at radius 2 is 2.00 bits per heavy atom. The first-order valence-corrected chi connectivity index (χ1v) is 3.65. The number of benzene rings is 1. The Labute approximate surface area is 75.0 Å². The molecule has 1 aromatic carbocycles. The van der Waals surface area contributed by atoms with Gasteiger partial charge in [0.25, 0.3) is 0 Å². The van der Waals surface area contributed by atoms with Crippen molar-refractivity contribution in [2.45, 2.75) is 6.42 Å². The van der Waals surface area contributed by atoms with E-state index in [2.05, 4.69) is 5.92 Å². The molecular formula is C10H7FO2. The predicted octanol–water partition coefficient (Wildman–Crippen LogP) is 1.46. The number of carboxylic acids is 1. The van der Waals surface area contributed by atoms with Crippen LogP contribution in [0, 0.1) is 17.7 Å². The van der Waals surface area contributed by atoms with Crippen molar-refractivity contribution in [3.8, 4) is 11.8 Å². The van der Waals surface area contributed by atoms with Crippen molar-refractivity contribution < 1.29 is 14.3 Å². The van der Waals surface area contributed by atoms with Gasteiger partial charge in [-0.25, -0.2) is 9.18 Å². The number of carboxylic acid groups (broad SMARTS) is 1. The van der Waals surface area contributed by atoms with Gasteiger partial charge in [0.2, 0.25) is 0 Å². The lowest BCUT2D eigenvalue weighted by Crippen LogP contribution is -1.88. The maximum Gasteiger partial charge on any atom is 0.381 e. The van der Waals surface area contributed by atoms with Crippen LogP contribution in [0.15, 0.2) is 24.3 Å². The Balaban J connectivity index is 2.62. The van der Waals surface area contributed by atoms with Crippen molar-refractivity contribution in [1.29, 1.82) is 0 Å². The summed E-state index contributed by atoms with van der Waals surface area (Å²) in [5.74, 6) is 2.97. The number of hydrogen-bond acceptors (Lipinski definition) is 1. The first kappa shape index (κ1) is 9.27. The van der Waals surface area contributed by atoms with Crippen LogP contribution in [-0.4, -0.2) is 11.1 Å². The average molecular weight is 178 g/mol. The van der Waals surface area contributed by atoms with Crippen molar-refractivity contribution in [3.05, 3.63) is 35.6 Å². The van der Waals surface area contributed by atoms with Gasteiger partial charge in [0.05, 0.1) is 0 Å². The monoisotopic (exact) mass is 178 g/mol. The minimum Gasteiger partial charge on any atom is -0.472 e. The molecule has 3 heteroatoms. The van der Waals surface area contributed by atoms with Crippen LogP contribution in [0.1, 0.15) is 5.56 Å². The van der Waals surface area contributed by atoms with Gasteiger partial charge in [0, 0.05) is 12.3 Å². The fourth-order valence-corrected chi connectivity index (χ4v) is 0.824. The van der Waals surface area contributed by atoms with Gasteiger partial charge in [0.1, 0.15) is 5.82 Å². The summed E-state index contributed by atoms with van der Waals surface area (Å²) in [5, 5.41) is 8.20. The molecule has 0 aliphatic rings. The van der Waals surface area contributed by atoms with Crippen LogP contribution in [-0.2, 0) is 11.2 Å². The third-order valence-electron chi connectivity index (χ3n) is 1.40. The SMILES string of the molecule is O=C(O)C#CCc1ccc(F)cc1. The molecule has 0 heterocycles. The summed E-state index contributed by atoms with van der Waals surface area (Å²) in [6.45, 7) is 0. The molecule has 0 fully saturated rings. The molecule has 0 atom stereocenters. The third-order valence-corrected chi connectivity index (χ3v) is 1.40. The van der Waals surface area contributed by atoms with Crippen LogP contribution in [0.4, 0.5) is 4.39 Å². The van der Waals surface area contributed by atoms with Gasteiger partial charge in [-0.1, -0.05) is 18.1 Å². The number of carbonyl (C=O) groups is 1. The molecule has 2 nitrogen and oxygen atoms in total. The summed E-state index contributed by atoms with van der Waals surface area (Å²) >= 11 is 0. The van der Waals surface area contributed by atoms with Crippen LogP contribution in [0.2, 0.25) is 0 Å². The zero-order valence-corrected chi connectivity index (χ0v) is 6.75. The van der Waals surface area contributed by atoms with E-state index in [0.717, 1.165) is 5.56 Å². The summed E-state index contributed by atoms with van der Waals surface area (Å²) in [7, 11) is 0. The molecular weight excluding hydrogens is 171 g/mol. The van der Waals surface area contributed by atoms with Crippen molar-refractivity contribution >= 4 is 5.97 Å². The maximum atomic E-state index is 12.4. The minimum atomic E-state index is -1.15. The molecule has 1 aromatic rings. The van der Waals surface area contributed by atoms with Crippen LogP contribution in [0.25, 0.3) is 0 Å². The summed E-state index contributed by atoms with van der Waals surface area (Å²) < 4.78 is 12.4. The third kappa shape index (κ3) is 3.39. The fraction of sp³-hybridized carbons (Fsp3) is 0.100. The minimum absolute atomic E-state index is 0.310. The highest BCUT2D eigenvalue weighted by atomic mass is 19.1. The smallest absolute Gasteiger partial charge is 0.381 e. The first-order valence-electron chi connectivity index (χ1n) is 3.65. The Kier molecular flexibility index (Phi) is 3.04. The molecule has 1 rings (SSSR count). The predicted molar refractivity (Wildman–Crippen MR) is 45.5 cm³/mol. The standard InChI is InChI=1S/C10H7FO2/c11-9-6-4-8(5-7-9)2-1-3-10(12)13/h4-7H,2H2,(H,12,13). The quantitative estimate of drug-likeness (QED) is 0.661. The van der Waals surface area contributed by atoms with E-state index in [4.69, 9.17) is 5.11 Å². The molecule has 0 unspecified atom stereocenters. The van der Waals surface area contributed by atoms with Gasteiger partial charge in [-0.05, 0) is 17.7 Å². The molecule has 66 valence electrons. The van der Waals surface area contributed by atoms with E-state index in [1.54, 1.807) is 12.1 Å². The summed E-state index contributed by atoms with van der Waals surface area (Å²) in [6.07, 6.45) is 0.326. The number of halogens is 1. The van der Waals surface area contributed by atoms with Crippen molar-refractivity contribution in [1.82, 2.24) is 0 Å². The maximum absolute atomic E-state index is 12.4. The Hall–Kier alpha value is -1.82. The van der Waals surface area contributed by atoms with E-state index < -0.39 is 5.97 Å². The lowest BCUT2D eigenvalue weighted by molar-refractivity contribution is -0.130. The Morgan fingerprint density at radius 3 is 2.54 bits per heavy atom. The van der Waals surface area contributed by atoms with E-state index >= 15 is 0 Å². The highest BCUT2D eigenvalue weighted by molar-refractivity contribution is 5.86. The second-order valence-electron chi connectivity index (χ2n) is 2.41. The summed E-state index contributed by atoms with van der Waals surface area (Å²) in [4.78, 5) is 10.0. The second kappa shape index (κ2) is 4.27. The molecule has 0 bridgehead atoms. The number of aliphatic carboxylic acids is 1. The van der Waals surface area contributed by atoms with E-state index in [1.807, 2.05) is 5.92 Å². The molecule has 0 radical (unpaired) electrons. The van der Waals surface area contributed by atoms with Crippen molar-refractivity contribution in [2.24, 2.45) is 0 Å². The molecule has 0 aliphatic carbocycles. The Bertz CT molecular complexity index is 357. The van der Waals surface area contributed by atoms with E-state index in [0.29, 0.717) is 6.42 Å². The van der Waals surface area contributed by atoms with Gasteiger partial charge in [-0.15, -0.1) is 0 Å². The van der Waals surface area contributed by atoms with Gasteiger partial charge in [-0.3, -0.25) is 0 Å². The Morgan fingerprint density at radius 1 is 1.38 bits per heavy atom. The van der Waals surface area contributed by atoms with Crippen molar-refractivity contribution in [2.75, 3.05) is 0 Å². The first-order chi connectivity index (χ1) is 6.18. The van der Waals surface area contributed by atoms with Crippen LogP contribution < -0.4 is 0 Å². The zero-order valence-electron chi connectivity index (χ0n) is 6.75. The van der Waals surface area contributed by atoms with E-state index in [9.17, 15) is 9.18 Å². The zero-order chi connectivity index (χ0) is 9.68. The summed E-state index contributed by atoms with van der Waals surface area (Å²) in [6, 6.07) is 5.79. The molecule has 0 aromatic heterocycles. The lowest BCUT2D eigenvalue weighted by Gasteiger charge is -1.92. The average Bonchev–Trinajstić information content (AvgIpc) is 2.08. The van der Waals surface area contributed by atoms with Gasteiger partial charge in [0.15, 0.2) is 0 Å². The van der Waals surface area contributed by atoms with Crippen molar-refractivity contribution in [3.63, 3.8) is 0 Å². The highest BCUT2D eigenvalue weighted by Gasteiger charge is 1.91. The van der Waals surface area contributed by atoms with Gasteiger partial charge < -0.3 is 5.11 Å². The normalized spacial score (nSPS) is 8.69. The second-order valence-corrected chi connectivity index (χ2v) is 2.41. The largest absolute Gasteiger partial charge is 0.472 e. The molecule has 13 heavy (non-hydrogen) atoms. The van der Waals surface area contributed by atoms with Gasteiger partial charge >= 0.3 is 5.97 Å². The lowest BCUT2D eigenvalue weighted by atomic mass is 10.1. The molecule has 1 N–H and O–H groups in total. The number of hydrogen-bond donors (Lipinski definition) is 1. The fourth-order valence-electron chi connectivity index (χ4n) is 0.824. The van der Waals surface area contributed by atoms with E-state index in [1.165, 1.54) is 12.1 Å². The van der Waals surface area contributed by atoms with Crippen LogP contribution in [0.3, 0.4) is 0 Å². The molecule has 0 aliphatic heterocycles. The van der Waals surface area contributed by atoms with E-state index in [-0.39, 0.29) is 5.82 Å². The molecule has 0 saturated heterocycles. The topological polar surface area (TPSA) is 37.3 Å². The molecule has 0 amide bonds. The number of rotatable bonds is 1. The summed E-state index contributed by atoms with van der Waals surface area (Å²) in [5.41, 5.74) is 0.801. The van der Waals surface area contributed by atoms with Crippen LogP contribution in [0.5, 0.6) is 0 Å². The van der Waals surface area contributed by atoms with Crippen LogP contribution >= 0.6 is 0 Å².